The summed E-state index contributed by atoms with van der Waals surface area (Å²) in [6.07, 6.45) is -3.39. The predicted molar refractivity (Wildman–Crippen MR) is 73.9 cm³/mol. The Labute approximate surface area is 129 Å². The van der Waals surface area contributed by atoms with Crippen molar-refractivity contribution < 1.29 is 18.0 Å². The fourth-order valence-corrected chi connectivity index (χ4v) is 2.45. The van der Waals surface area contributed by atoms with Gasteiger partial charge in [-0.25, -0.2) is 9.50 Å². The number of nitrogens with zero attached hydrogens (tertiary/aromatic N) is 6. The number of rotatable bonds is 1. The van der Waals surface area contributed by atoms with Crippen LogP contribution in [0, 0.1) is 6.92 Å². The molecule has 7 nitrogen and oxygen atoms in total. The molecule has 10 heteroatoms. The molecular weight excluding hydrogens is 313 g/mol. The number of piperazine rings is 1. The molecule has 0 radical (unpaired) electrons. The lowest BCUT2D eigenvalue weighted by Gasteiger charge is -2.32. The zero-order valence-corrected chi connectivity index (χ0v) is 12.6. The van der Waals surface area contributed by atoms with E-state index in [4.69, 9.17) is 0 Å². The molecule has 0 aliphatic carbocycles. The van der Waals surface area contributed by atoms with Crippen LogP contribution < -0.4 is 0 Å². The minimum atomic E-state index is -4.65. The molecule has 1 aliphatic rings. The first-order chi connectivity index (χ1) is 10.8. The maximum absolute atomic E-state index is 12.7. The number of carbonyl (C=O) groups is 1. The standard InChI is InChI=1S/C13H15F3N6O/c1-8-9(10(23)21-5-3-20(2)4-6-21)7-17-12-18-11(13(14,15)16)19-22(8)12/h7H,3-6H2,1-2H3. The van der Waals surface area contributed by atoms with Crippen LogP contribution in [0.3, 0.4) is 0 Å². The Hall–Kier alpha value is -2.23. The van der Waals surface area contributed by atoms with E-state index in [0.29, 0.717) is 18.8 Å². The van der Waals surface area contributed by atoms with Gasteiger partial charge in [0, 0.05) is 32.4 Å². The molecule has 0 unspecified atom stereocenters. The third-order valence-electron chi connectivity index (χ3n) is 3.88. The Morgan fingerprint density at radius 2 is 1.87 bits per heavy atom. The SMILES string of the molecule is Cc1c(C(=O)N2CCN(C)CC2)cnc2nc(C(F)(F)F)nn12. The number of alkyl halides is 3. The molecule has 1 aliphatic heterocycles. The Morgan fingerprint density at radius 3 is 2.48 bits per heavy atom. The van der Waals surface area contributed by atoms with Gasteiger partial charge < -0.3 is 9.80 Å². The highest BCUT2D eigenvalue weighted by molar-refractivity contribution is 5.95. The van der Waals surface area contributed by atoms with Gasteiger partial charge >= 0.3 is 6.18 Å². The van der Waals surface area contributed by atoms with Crippen molar-refractivity contribution in [3.05, 3.63) is 23.3 Å². The van der Waals surface area contributed by atoms with Crippen LogP contribution >= 0.6 is 0 Å². The lowest BCUT2D eigenvalue weighted by molar-refractivity contribution is -0.144. The number of amides is 1. The van der Waals surface area contributed by atoms with E-state index in [2.05, 4.69) is 20.0 Å². The number of carbonyl (C=O) groups excluding carboxylic acids is 1. The molecule has 3 heterocycles. The van der Waals surface area contributed by atoms with Crippen LogP contribution in [0.1, 0.15) is 21.9 Å². The highest BCUT2D eigenvalue weighted by Gasteiger charge is 2.37. The average molecular weight is 328 g/mol. The van der Waals surface area contributed by atoms with Gasteiger partial charge in [-0.1, -0.05) is 0 Å². The minimum absolute atomic E-state index is 0.176. The normalized spacial score (nSPS) is 17.0. The molecule has 0 spiro atoms. The smallest absolute Gasteiger partial charge is 0.336 e. The summed E-state index contributed by atoms with van der Waals surface area (Å²) in [5.41, 5.74) is 0.530. The van der Waals surface area contributed by atoms with Gasteiger partial charge in [0.1, 0.15) is 0 Å². The maximum atomic E-state index is 12.7. The van der Waals surface area contributed by atoms with Gasteiger partial charge in [0.2, 0.25) is 0 Å². The molecule has 0 bridgehead atoms. The summed E-state index contributed by atoms with van der Waals surface area (Å²) in [6.45, 7) is 4.17. The summed E-state index contributed by atoms with van der Waals surface area (Å²) >= 11 is 0. The highest BCUT2D eigenvalue weighted by Crippen LogP contribution is 2.26. The van der Waals surface area contributed by atoms with Gasteiger partial charge in [-0.2, -0.15) is 18.2 Å². The highest BCUT2D eigenvalue weighted by atomic mass is 19.4. The zero-order valence-electron chi connectivity index (χ0n) is 12.6. The molecule has 1 fully saturated rings. The molecule has 23 heavy (non-hydrogen) atoms. The van der Waals surface area contributed by atoms with E-state index >= 15 is 0 Å². The number of fused-ring (bicyclic) bond motifs is 1. The second-order valence-electron chi connectivity index (χ2n) is 5.50. The summed E-state index contributed by atoms with van der Waals surface area (Å²) < 4.78 is 39.1. The van der Waals surface area contributed by atoms with Crippen LogP contribution in [0.5, 0.6) is 0 Å². The van der Waals surface area contributed by atoms with Crippen molar-refractivity contribution in [3.8, 4) is 0 Å². The van der Waals surface area contributed by atoms with Crippen molar-refractivity contribution in [3.63, 3.8) is 0 Å². The number of halogens is 3. The topological polar surface area (TPSA) is 66.6 Å². The van der Waals surface area contributed by atoms with E-state index in [0.717, 1.165) is 17.6 Å². The number of hydrogen-bond acceptors (Lipinski definition) is 5. The first-order valence-corrected chi connectivity index (χ1v) is 7.05. The van der Waals surface area contributed by atoms with Crippen molar-refractivity contribution in [1.29, 1.82) is 0 Å². The van der Waals surface area contributed by atoms with E-state index in [1.165, 1.54) is 13.1 Å². The molecule has 1 saturated heterocycles. The largest absolute Gasteiger partial charge is 0.453 e. The summed E-state index contributed by atoms with van der Waals surface area (Å²) in [4.78, 5) is 23.5. The van der Waals surface area contributed by atoms with E-state index in [1.54, 1.807) is 4.90 Å². The van der Waals surface area contributed by atoms with Crippen molar-refractivity contribution in [1.82, 2.24) is 29.4 Å². The fraction of sp³-hybridized carbons (Fsp3) is 0.538. The minimum Gasteiger partial charge on any atom is -0.336 e. The summed E-state index contributed by atoms with van der Waals surface area (Å²) in [5, 5.41) is 3.42. The lowest BCUT2D eigenvalue weighted by atomic mass is 10.2. The molecule has 1 amide bonds. The van der Waals surface area contributed by atoms with Crippen LogP contribution in [0.4, 0.5) is 13.2 Å². The summed E-state index contributed by atoms with van der Waals surface area (Å²) in [6, 6.07) is 0. The van der Waals surface area contributed by atoms with E-state index < -0.39 is 12.0 Å². The second kappa shape index (κ2) is 5.44. The van der Waals surface area contributed by atoms with E-state index in [9.17, 15) is 18.0 Å². The lowest BCUT2D eigenvalue weighted by Crippen LogP contribution is -2.47. The quantitative estimate of drug-likeness (QED) is 0.776. The van der Waals surface area contributed by atoms with Crippen LogP contribution in [-0.4, -0.2) is 68.5 Å². The van der Waals surface area contributed by atoms with Gasteiger partial charge in [-0.3, -0.25) is 4.79 Å². The molecule has 124 valence electrons. The number of likely N-dealkylation sites (N-methyl/N-ethyl adjacent to an activating group) is 1. The summed E-state index contributed by atoms with van der Waals surface area (Å²) in [5.74, 6) is -1.70. The molecule has 2 aromatic rings. The molecule has 3 rings (SSSR count). The van der Waals surface area contributed by atoms with E-state index in [1.807, 2.05) is 7.05 Å². The summed E-state index contributed by atoms with van der Waals surface area (Å²) in [7, 11) is 1.97. The first-order valence-electron chi connectivity index (χ1n) is 7.05. The third-order valence-corrected chi connectivity index (χ3v) is 3.88. The van der Waals surface area contributed by atoms with Gasteiger partial charge in [-0.15, -0.1) is 5.10 Å². The number of aryl methyl sites for hydroxylation is 1. The van der Waals surface area contributed by atoms with Crippen molar-refractivity contribution >= 4 is 11.7 Å². The first kappa shape index (κ1) is 15.7. The molecule has 0 atom stereocenters. The van der Waals surface area contributed by atoms with E-state index in [-0.39, 0.29) is 17.2 Å². The zero-order chi connectivity index (χ0) is 16.8. The van der Waals surface area contributed by atoms with Crippen molar-refractivity contribution in [2.45, 2.75) is 13.1 Å². The van der Waals surface area contributed by atoms with Crippen LogP contribution in [0.15, 0.2) is 6.20 Å². The van der Waals surface area contributed by atoms with Crippen molar-refractivity contribution in [2.24, 2.45) is 0 Å². The number of hydrogen-bond donors (Lipinski definition) is 0. The Bertz CT molecular complexity index is 748. The molecular formula is C13H15F3N6O. The van der Waals surface area contributed by atoms with Crippen LogP contribution in [0.25, 0.3) is 5.78 Å². The monoisotopic (exact) mass is 328 g/mol. The molecule has 0 saturated carbocycles. The Balaban J connectivity index is 1.95. The second-order valence-corrected chi connectivity index (χ2v) is 5.50. The Kier molecular flexibility index (Phi) is 3.71. The maximum Gasteiger partial charge on any atom is 0.453 e. The van der Waals surface area contributed by atoms with Crippen LogP contribution in [-0.2, 0) is 6.18 Å². The number of aromatic nitrogens is 4. The van der Waals surface area contributed by atoms with Gasteiger partial charge in [-0.05, 0) is 14.0 Å². The average Bonchev–Trinajstić information content (AvgIpc) is 2.93. The van der Waals surface area contributed by atoms with Crippen molar-refractivity contribution in [2.75, 3.05) is 33.2 Å². The predicted octanol–water partition coefficient (Wildman–Crippen LogP) is 0.839. The van der Waals surface area contributed by atoms with Gasteiger partial charge in [0.05, 0.1) is 11.3 Å². The fourth-order valence-electron chi connectivity index (χ4n) is 2.45. The van der Waals surface area contributed by atoms with Gasteiger partial charge in [0.15, 0.2) is 0 Å². The molecule has 0 aromatic carbocycles. The Morgan fingerprint density at radius 1 is 1.22 bits per heavy atom. The molecule has 0 N–H and O–H groups in total. The van der Waals surface area contributed by atoms with Crippen LogP contribution in [0.2, 0.25) is 0 Å². The molecule has 2 aromatic heterocycles. The third kappa shape index (κ3) is 2.85. The van der Waals surface area contributed by atoms with Gasteiger partial charge in [0.25, 0.3) is 17.5 Å².